The normalized spacial score (nSPS) is 10.3. The summed E-state index contributed by atoms with van der Waals surface area (Å²) in [5, 5.41) is 18.0. The lowest BCUT2D eigenvalue weighted by atomic mass is 10.2. The fraction of sp³-hybridized carbons (Fsp3) is 0.111. The highest BCUT2D eigenvalue weighted by atomic mass is 35.5. The number of halogens is 2. The van der Waals surface area contributed by atoms with Crippen molar-refractivity contribution in [2.75, 3.05) is 23.7 Å². The maximum Gasteiger partial charge on any atom is 0.252 e. The van der Waals surface area contributed by atoms with Gasteiger partial charge in [0.1, 0.15) is 5.82 Å². The van der Waals surface area contributed by atoms with Crippen LogP contribution in [0.1, 0.15) is 10.4 Å². The fourth-order valence-corrected chi connectivity index (χ4v) is 2.71. The number of amides is 1. The Morgan fingerprint density at radius 3 is 2.37 bits per heavy atom. The Morgan fingerprint density at radius 2 is 1.67 bits per heavy atom. The van der Waals surface area contributed by atoms with E-state index in [1.807, 2.05) is 18.2 Å². The Kier molecular flexibility index (Phi) is 6.40. The number of pyridine rings is 1. The zero-order chi connectivity index (χ0) is 19.1. The molecule has 2 heterocycles. The van der Waals surface area contributed by atoms with Gasteiger partial charge in [0.05, 0.1) is 10.6 Å². The van der Waals surface area contributed by atoms with E-state index < -0.39 is 0 Å². The summed E-state index contributed by atoms with van der Waals surface area (Å²) in [4.78, 5) is 16.1. The molecule has 0 unspecified atom stereocenters. The van der Waals surface area contributed by atoms with Gasteiger partial charge in [-0.3, -0.25) is 9.78 Å². The van der Waals surface area contributed by atoms with Gasteiger partial charge in [0.15, 0.2) is 5.82 Å². The van der Waals surface area contributed by atoms with Crippen LogP contribution >= 0.6 is 23.2 Å². The maximum absolute atomic E-state index is 12.1. The molecular weight excluding hydrogens is 387 g/mol. The van der Waals surface area contributed by atoms with Crippen molar-refractivity contribution >= 4 is 46.4 Å². The first-order chi connectivity index (χ1) is 13.1. The smallest absolute Gasteiger partial charge is 0.252 e. The van der Waals surface area contributed by atoms with Crippen LogP contribution in [0.5, 0.6) is 0 Å². The molecule has 27 heavy (non-hydrogen) atoms. The number of aromatic nitrogens is 3. The molecule has 0 saturated heterocycles. The van der Waals surface area contributed by atoms with Crippen LogP contribution in [-0.4, -0.2) is 34.2 Å². The van der Waals surface area contributed by atoms with Gasteiger partial charge in [-0.15, -0.1) is 10.2 Å². The molecule has 3 aromatic rings. The summed E-state index contributed by atoms with van der Waals surface area (Å²) in [7, 11) is 0. The van der Waals surface area contributed by atoms with Gasteiger partial charge in [-0.1, -0.05) is 23.2 Å². The molecule has 0 aliphatic carbocycles. The van der Waals surface area contributed by atoms with Crippen molar-refractivity contribution in [2.24, 2.45) is 0 Å². The van der Waals surface area contributed by atoms with Crippen molar-refractivity contribution in [1.82, 2.24) is 20.5 Å². The minimum absolute atomic E-state index is 0.263. The van der Waals surface area contributed by atoms with Gasteiger partial charge in [-0.25, -0.2) is 0 Å². The van der Waals surface area contributed by atoms with Crippen LogP contribution in [0.15, 0.2) is 54.9 Å². The van der Waals surface area contributed by atoms with E-state index in [1.165, 1.54) is 6.07 Å². The van der Waals surface area contributed by atoms with Crippen LogP contribution in [0.2, 0.25) is 10.0 Å². The standard InChI is InChI=1S/C18H16Cl2N6O/c19-12-1-2-14(15(20)11-12)18(27)23-10-9-22-16-3-4-17(26-25-16)24-13-5-7-21-8-6-13/h1-8,11H,9-10H2,(H,22,25)(H,23,27)(H,21,24,26). The number of carbonyl (C=O) groups is 1. The number of rotatable bonds is 7. The second-order valence-corrected chi connectivity index (χ2v) is 6.32. The van der Waals surface area contributed by atoms with Crippen LogP contribution in [0.25, 0.3) is 0 Å². The molecule has 0 bridgehead atoms. The lowest BCUT2D eigenvalue weighted by Crippen LogP contribution is -2.29. The minimum atomic E-state index is -0.263. The molecule has 1 aromatic carbocycles. The average Bonchev–Trinajstić information content (AvgIpc) is 2.67. The van der Waals surface area contributed by atoms with Gasteiger partial charge in [-0.2, -0.15) is 0 Å². The van der Waals surface area contributed by atoms with Crippen molar-refractivity contribution in [2.45, 2.75) is 0 Å². The summed E-state index contributed by atoms with van der Waals surface area (Å²) in [5.74, 6) is 0.966. The second-order valence-electron chi connectivity index (χ2n) is 5.47. The van der Waals surface area contributed by atoms with Gasteiger partial charge in [0, 0.05) is 36.2 Å². The first-order valence-corrected chi connectivity index (χ1v) is 8.85. The van der Waals surface area contributed by atoms with E-state index >= 15 is 0 Å². The highest BCUT2D eigenvalue weighted by molar-refractivity contribution is 6.36. The molecule has 138 valence electrons. The van der Waals surface area contributed by atoms with Crippen LogP contribution in [0.4, 0.5) is 17.3 Å². The predicted octanol–water partition coefficient (Wildman–Crippen LogP) is 3.76. The Bertz CT molecular complexity index is 905. The molecule has 0 radical (unpaired) electrons. The average molecular weight is 403 g/mol. The lowest BCUT2D eigenvalue weighted by molar-refractivity contribution is 0.0955. The van der Waals surface area contributed by atoms with E-state index in [0.29, 0.717) is 40.3 Å². The maximum atomic E-state index is 12.1. The van der Waals surface area contributed by atoms with E-state index in [4.69, 9.17) is 23.2 Å². The summed E-state index contributed by atoms with van der Waals surface area (Å²) < 4.78 is 0. The Labute approximate surface area is 166 Å². The highest BCUT2D eigenvalue weighted by Gasteiger charge is 2.09. The summed E-state index contributed by atoms with van der Waals surface area (Å²) in [6.07, 6.45) is 3.38. The molecule has 3 rings (SSSR count). The minimum Gasteiger partial charge on any atom is -0.367 e. The van der Waals surface area contributed by atoms with Gasteiger partial charge in [0.25, 0.3) is 5.91 Å². The topological polar surface area (TPSA) is 91.8 Å². The third-order valence-corrected chi connectivity index (χ3v) is 4.06. The Balaban J connectivity index is 1.44. The van der Waals surface area contributed by atoms with E-state index in [2.05, 4.69) is 31.1 Å². The van der Waals surface area contributed by atoms with E-state index in [-0.39, 0.29) is 5.91 Å². The zero-order valence-corrected chi connectivity index (χ0v) is 15.6. The number of anilines is 3. The van der Waals surface area contributed by atoms with Gasteiger partial charge < -0.3 is 16.0 Å². The zero-order valence-electron chi connectivity index (χ0n) is 14.1. The van der Waals surface area contributed by atoms with Crippen molar-refractivity contribution in [3.63, 3.8) is 0 Å². The van der Waals surface area contributed by atoms with Crippen molar-refractivity contribution in [1.29, 1.82) is 0 Å². The second kappa shape index (κ2) is 9.16. The number of nitrogens with zero attached hydrogens (tertiary/aromatic N) is 3. The molecule has 0 aliphatic rings. The highest BCUT2D eigenvalue weighted by Crippen LogP contribution is 2.20. The molecule has 2 aromatic heterocycles. The van der Waals surface area contributed by atoms with Crippen LogP contribution in [-0.2, 0) is 0 Å². The summed E-state index contributed by atoms with van der Waals surface area (Å²) in [5.41, 5.74) is 1.26. The van der Waals surface area contributed by atoms with Crippen molar-refractivity contribution in [3.05, 3.63) is 70.5 Å². The van der Waals surface area contributed by atoms with Crippen LogP contribution in [0, 0.1) is 0 Å². The molecule has 0 aliphatic heterocycles. The molecule has 0 saturated carbocycles. The van der Waals surface area contributed by atoms with Crippen LogP contribution in [0.3, 0.4) is 0 Å². The molecule has 3 N–H and O–H groups in total. The van der Waals surface area contributed by atoms with E-state index in [0.717, 1.165) is 5.69 Å². The van der Waals surface area contributed by atoms with E-state index in [1.54, 1.807) is 30.6 Å². The first-order valence-electron chi connectivity index (χ1n) is 8.10. The monoisotopic (exact) mass is 402 g/mol. The third-order valence-electron chi connectivity index (χ3n) is 3.51. The van der Waals surface area contributed by atoms with E-state index in [9.17, 15) is 4.79 Å². The van der Waals surface area contributed by atoms with Gasteiger partial charge in [-0.05, 0) is 42.5 Å². The molecule has 9 heteroatoms. The molecule has 0 fully saturated rings. The summed E-state index contributed by atoms with van der Waals surface area (Å²) in [6, 6.07) is 12.0. The Hall–Kier alpha value is -2.90. The Morgan fingerprint density at radius 1 is 0.926 bits per heavy atom. The SMILES string of the molecule is O=C(NCCNc1ccc(Nc2ccncc2)nn1)c1ccc(Cl)cc1Cl. The molecule has 0 spiro atoms. The number of nitrogens with one attached hydrogen (secondary N) is 3. The fourth-order valence-electron chi connectivity index (χ4n) is 2.21. The summed E-state index contributed by atoms with van der Waals surface area (Å²) in [6.45, 7) is 0.888. The van der Waals surface area contributed by atoms with Crippen molar-refractivity contribution < 1.29 is 4.79 Å². The predicted molar refractivity (Wildman–Crippen MR) is 107 cm³/mol. The molecule has 1 amide bonds. The quantitative estimate of drug-likeness (QED) is 0.521. The van der Waals surface area contributed by atoms with Crippen molar-refractivity contribution in [3.8, 4) is 0 Å². The molecule has 0 atom stereocenters. The number of hydrogen-bond donors (Lipinski definition) is 3. The summed E-state index contributed by atoms with van der Waals surface area (Å²) >= 11 is 11.8. The third kappa shape index (κ3) is 5.54. The largest absolute Gasteiger partial charge is 0.367 e. The van der Waals surface area contributed by atoms with Crippen LogP contribution < -0.4 is 16.0 Å². The van der Waals surface area contributed by atoms with Gasteiger partial charge >= 0.3 is 0 Å². The number of carbonyl (C=O) groups excluding carboxylic acids is 1. The first kappa shape index (κ1) is 18.9. The lowest BCUT2D eigenvalue weighted by Gasteiger charge is -2.09. The molecule has 7 nitrogen and oxygen atoms in total. The number of hydrogen-bond acceptors (Lipinski definition) is 6. The van der Waals surface area contributed by atoms with Gasteiger partial charge in [0.2, 0.25) is 0 Å². The number of benzene rings is 1. The molecular formula is C18H16Cl2N6O.